The molecule has 0 atom stereocenters. The molecule has 1 aliphatic rings. The van der Waals surface area contributed by atoms with Gasteiger partial charge in [0.15, 0.2) is 5.76 Å². The maximum atomic E-state index is 12.4. The van der Waals surface area contributed by atoms with Crippen molar-refractivity contribution in [2.24, 2.45) is 0 Å². The number of thiophene rings is 1. The van der Waals surface area contributed by atoms with Crippen molar-refractivity contribution >= 4 is 28.8 Å². The van der Waals surface area contributed by atoms with Gasteiger partial charge in [-0.1, -0.05) is 11.6 Å². The molecule has 1 saturated heterocycles. The number of hydrogen-bond donors (Lipinski definition) is 0. The standard InChI is InChI=1S/C16H19ClN2O3S/c1-21-11-12-2-4-14(22-12)16(20)19-8-6-18(7-9-19)10-13-3-5-15(17)23-13/h2-5H,6-11H2,1H3. The number of hydrogen-bond acceptors (Lipinski definition) is 5. The second-order valence-electron chi connectivity index (χ2n) is 5.47. The highest BCUT2D eigenvalue weighted by Crippen LogP contribution is 2.23. The predicted octanol–water partition coefficient (Wildman–Crippen LogP) is 3.10. The van der Waals surface area contributed by atoms with Gasteiger partial charge in [0.2, 0.25) is 0 Å². The zero-order valence-electron chi connectivity index (χ0n) is 13.0. The second kappa shape index (κ2) is 7.49. The maximum absolute atomic E-state index is 12.4. The van der Waals surface area contributed by atoms with Crippen molar-refractivity contribution in [1.82, 2.24) is 9.80 Å². The predicted molar refractivity (Wildman–Crippen MR) is 89.9 cm³/mol. The number of rotatable bonds is 5. The number of piperazine rings is 1. The van der Waals surface area contributed by atoms with Gasteiger partial charge in [-0.2, -0.15) is 0 Å². The maximum Gasteiger partial charge on any atom is 0.289 e. The molecule has 0 aliphatic carbocycles. The highest BCUT2D eigenvalue weighted by atomic mass is 35.5. The molecule has 0 aromatic carbocycles. The van der Waals surface area contributed by atoms with Crippen molar-refractivity contribution in [2.75, 3.05) is 33.3 Å². The molecule has 23 heavy (non-hydrogen) atoms. The third kappa shape index (κ3) is 4.14. The van der Waals surface area contributed by atoms with Crippen LogP contribution < -0.4 is 0 Å². The summed E-state index contributed by atoms with van der Waals surface area (Å²) in [6.45, 7) is 4.39. The lowest BCUT2D eigenvalue weighted by Crippen LogP contribution is -2.48. The molecule has 1 amide bonds. The third-order valence-corrected chi connectivity index (χ3v) is 5.04. The van der Waals surface area contributed by atoms with Crippen molar-refractivity contribution in [3.8, 4) is 0 Å². The molecule has 2 aromatic rings. The van der Waals surface area contributed by atoms with Gasteiger partial charge < -0.3 is 14.1 Å². The largest absolute Gasteiger partial charge is 0.453 e. The van der Waals surface area contributed by atoms with Crippen LogP contribution in [0, 0.1) is 0 Å². The van der Waals surface area contributed by atoms with Gasteiger partial charge in [0.05, 0.1) is 4.34 Å². The van der Waals surface area contributed by atoms with Gasteiger partial charge in [0.25, 0.3) is 5.91 Å². The van der Waals surface area contributed by atoms with E-state index in [2.05, 4.69) is 11.0 Å². The number of methoxy groups -OCH3 is 1. The fourth-order valence-corrected chi connectivity index (χ4v) is 3.76. The summed E-state index contributed by atoms with van der Waals surface area (Å²) >= 11 is 7.57. The lowest BCUT2D eigenvalue weighted by atomic mass is 10.2. The molecule has 0 bridgehead atoms. The van der Waals surface area contributed by atoms with Gasteiger partial charge in [-0.3, -0.25) is 9.69 Å². The molecule has 0 unspecified atom stereocenters. The topological polar surface area (TPSA) is 45.9 Å². The molecule has 2 aromatic heterocycles. The van der Waals surface area contributed by atoms with Gasteiger partial charge in [-0.25, -0.2) is 0 Å². The zero-order chi connectivity index (χ0) is 16.2. The van der Waals surface area contributed by atoms with E-state index in [0.717, 1.165) is 24.0 Å². The molecule has 0 spiro atoms. The van der Waals surface area contributed by atoms with Crippen molar-refractivity contribution in [3.05, 3.63) is 45.0 Å². The highest BCUT2D eigenvalue weighted by molar-refractivity contribution is 7.16. The Morgan fingerprint density at radius 3 is 2.70 bits per heavy atom. The molecule has 3 rings (SSSR count). The Labute approximate surface area is 144 Å². The number of ether oxygens (including phenoxy) is 1. The van der Waals surface area contributed by atoms with Crippen LogP contribution in [0.4, 0.5) is 0 Å². The van der Waals surface area contributed by atoms with E-state index in [9.17, 15) is 4.79 Å². The summed E-state index contributed by atoms with van der Waals surface area (Å²) in [5, 5.41) is 0. The Kier molecular flexibility index (Phi) is 5.38. The van der Waals surface area contributed by atoms with Crippen molar-refractivity contribution in [2.45, 2.75) is 13.2 Å². The molecular weight excluding hydrogens is 336 g/mol. The molecule has 1 fully saturated rings. The Balaban J connectivity index is 1.52. The van der Waals surface area contributed by atoms with Crippen LogP contribution in [0.3, 0.4) is 0 Å². The number of carbonyl (C=O) groups is 1. The quantitative estimate of drug-likeness (QED) is 0.827. The zero-order valence-corrected chi connectivity index (χ0v) is 14.5. The van der Waals surface area contributed by atoms with E-state index in [1.54, 1.807) is 30.6 Å². The van der Waals surface area contributed by atoms with Crippen LogP contribution >= 0.6 is 22.9 Å². The lowest BCUT2D eigenvalue weighted by molar-refractivity contribution is 0.0592. The lowest BCUT2D eigenvalue weighted by Gasteiger charge is -2.34. The average Bonchev–Trinajstić information content (AvgIpc) is 3.17. The normalized spacial score (nSPS) is 16.0. The summed E-state index contributed by atoms with van der Waals surface area (Å²) in [7, 11) is 1.60. The van der Waals surface area contributed by atoms with Crippen LogP contribution in [-0.4, -0.2) is 49.0 Å². The van der Waals surface area contributed by atoms with Crippen LogP contribution in [0.5, 0.6) is 0 Å². The Hall–Kier alpha value is -1.34. The van der Waals surface area contributed by atoms with E-state index in [1.165, 1.54) is 4.88 Å². The average molecular weight is 355 g/mol. The van der Waals surface area contributed by atoms with E-state index >= 15 is 0 Å². The highest BCUT2D eigenvalue weighted by Gasteiger charge is 2.24. The SMILES string of the molecule is COCc1ccc(C(=O)N2CCN(Cc3ccc(Cl)s3)CC2)o1. The smallest absolute Gasteiger partial charge is 0.289 e. The van der Waals surface area contributed by atoms with Crippen LogP contribution in [0.2, 0.25) is 4.34 Å². The summed E-state index contributed by atoms with van der Waals surface area (Å²) in [5.74, 6) is 1.01. The Morgan fingerprint density at radius 2 is 2.04 bits per heavy atom. The van der Waals surface area contributed by atoms with Crippen LogP contribution in [-0.2, 0) is 17.9 Å². The Bertz CT molecular complexity index is 662. The van der Waals surface area contributed by atoms with E-state index in [0.29, 0.717) is 31.2 Å². The van der Waals surface area contributed by atoms with Crippen LogP contribution in [0.25, 0.3) is 0 Å². The molecule has 0 radical (unpaired) electrons. The van der Waals surface area contributed by atoms with E-state index in [-0.39, 0.29) is 5.91 Å². The van der Waals surface area contributed by atoms with Gasteiger partial charge in [-0.15, -0.1) is 11.3 Å². The molecule has 124 valence electrons. The van der Waals surface area contributed by atoms with Gasteiger partial charge in [-0.05, 0) is 24.3 Å². The van der Waals surface area contributed by atoms with E-state index < -0.39 is 0 Å². The van der Waals surface area contributed by atoms with Crippen LogP contribution in [0.15, 0.2) is 28.7 Å². The summed E-state index contributed by atoms with van der Waals surface area (Å²) < 4.78 is 11.3. The first-order valence-corrected chi connectivity index (χ1v) is 8.68. The minimum Gasteiger partial charge on any atom is -0.453 e. The van der Waals surface area contributed by atoms with Crippen molar-refractivity contribution in [3.63, 3.8) is 0 Å². The number of furan rings is 1. The van der Waals surface area contributed by atoms with Crippen molar-refractivity contribution in [1.29, 1.82) is 0 Å². The number of amides is 1. The summed E-state index contributed by atoms with van der Waals surface area (Å²) in [4.78, 5) is 17.9. The minimum atomic E-state index is -0.0498. The van der Waals surface area contributed by atoms with E-state index in [4.69, 9.17) is 20.8 Å². The fourth-order valence-electron chi connectivity index (χ4n) is 2.63. The summed E-state index contributed by atoms with van der Waals surface area (Å²) in [6, 6.07) is 7.49. The van der Waals surface area contributed by atoms with Crippen LogP contribution in [0.1, 0.15) is 21.2 Å². The molecule has 0 N–H and O–H groups in total. The van der Waals surface area contributed by atoms with Crippen molar-refractivity contribution < 1.29 is 13.9 Å². The summed E-state index contributed by atoms with van der Waals surface area (Å²) in [6.07, 6.45) is 0. The van der Waals surface area contributed by atoms with E-state index in [1.807, 2.05) is 11.0 Å². The first-order valence-electron chi connectivity index (χ1n) is 7.49. The number of halogens is 1. The summed E-state index contributed by atoms with van der Waals surface area (Å²) in [5.41, 5.74) is 0. The Morgan fingerprint density at radius 1 is 1.26 bits per heavy atom. The number of carbonyl (C=O) groups excluding carboxylic acids is 1. The van der Waals surface area contributed by atoms with Gasteiger partial charge in [0, 0.05) is 44.7 Å². The molecule has 1 aliphatic heterocycles. The molecule has 0 saturated carbocycles. The van der Waals surface area contributed by atoms with Gasteiger partial charge in [0.1, 0.15) is 12.4 Å². The molecule has 3 heterocycles. The fraction of sp³-hybridized carbons (Fsp3) is 0.438. The monoisotopic (exact) mass is 354 g/mol. The third-order valence-electron chi connectivity index (χ3n) is 3.83. The minimum absolute atomic E-state index is 0.0498. The molecule has 7 heteroatoms. The first-order chi connectivity index (χ1) is 11.2. The molecule has 5 nitrogen and oxygen atoms in total. The first kappa shape index (κ1) is 16.5. The second-order valence-corrected chi connectivity index (χ2v) is 7.27. The van der Waals surface area contributed by atoms with Gasteiger partial charge >= 0.3 is 0 Å². The molecular formula is C16H19ClN2O3S. The number of nitrogens with zero attached hydrogens (tertiary/aromatic N) is 2.